The number of amides is 2. The molecule has 2 aliphatic heterocycles. The molecule has 0 aromatic heterocycles. The monoisotopic (exact) mass is 268 g/mol. The van der Waals surface area contributed by atoms with Crippen molar-refractivity contribution in [2.75, 3.05) is 19.7 Å². The maximum atomic E-state index is 12.0. The van der Waals surface area contributed by atoms with E-state index in [2.05, 4.69) is 5.32 Å². The minimum atomic E-state index is -0.314. The quantitative estimate of drug-likeness (QED) is 0.807. The molecule has 5 nitrogen and oxygen atoms in total. The summed E-state index contributed by atoms with van der Waals surface area (Å²) >= 11 is 0. The SMILES string of the molecule is CC(C)C1C(=O)NCC(=O)N1CCCC1CCCO1. The molecule has 1 N–H and O–H groups in total. The van der Waals surface area contributed by atoms with Gasteiger partial charge in [0.15, 0.2) is 0 Å². The predicted octanol–water partition coefficient (Wildman–Crippen LogP) is 0.929. The van der Waals surface area contributed by atoms with Crippen molar-refractivity contribution in [3.05, 3.63) is 0 Å². The number of carbonyl (C=O) groups is 2. The van der Waals surface area contributed by atoms with Crippen LogP contribution in [0.25, 0.3) is 0 Å². The molecule has 2 unspecified atom stereocenters. The maximum Gasteiger partial charge on any atom is 0.243 e. The van der Waals surface area contributed by atoms with Gasteiger partial charge in [-0.3, -0.25) is 9.59 Å². The van der Waals surface area contributed by atoms with Crippen LogP contribution < -0.4 is 5.32 Å². The number of hydrogen-bond donors (Lipinski definition) is 1. The van der Waals surface area contributed by atoms with Crippen molar-refractivity contribution in [2.24, 2.45) is 5.92 Å². The summed E-state index contributed by atoms with van der Waals surface area (Å²) in [6, 6.07) is -0.314. The van der Waals surface area contributed by atoms with Gasteiger partial charge < -0.3 is 15.0 Å². The normalized spacial score (nSPS) is 28.1. The topological polar surface area (TPSA) is 58.6 Å². The zero-order valence-corrected chi connectivity index (χ0v) is 11.9. The standard InChI is InChI=1S/C14H24N2O3/c1-10(2)13-14(18)15-9-12(17)16(13)7-3-5-11-6-4-8-19-11/h10-11,13H,3-9H2,1-2H3,(H,15,18). The lowest BCUT2D eigenvalue weighted by Gasteiger charge is -2.37. The van der Waals surface area contributed by atoms with Crippen LogP contribution in [0.4, 0.5) is 0 Å². The van der Waals surface area contributed by atoms with Crippen LogP contribution in [0.1, 0.15) is 39.5 Å². The highest BCUT2D eigenvalue weighted by Gasteiger charge is 2.36. The predicted molar refractivity (Wildman–Crippen MR) is 71.6 cm³/mol. The van der Waals surface area contributed by atoms with Crippen LogP contribution in [-0.2, 0) is 14.3 Å². The third-order valence-electron chi connectivity index (χ3n) is 3.92. The Morgan fingerprint density at radius 1 is 1.42 bits per heavy atom. The molecular formula is C14H24N2O3. The highest BCUT2D eigenvalue weighted by molar-refractivity contribution is 5.94. The fourth-order valence-electron chi connectivity index (χ4n) is 2.95. The first-order valence-corrected chi connectivity index (χ1v) is 7.28. The first-order valence-electron chi connectivity index (χ1n) is 7.28. The smallest absolute Gasteiger partial charge is 0.243 e. The van der Waals surface area contributed by atoms with E-state index in [0.29, 0.717) is 12.6 Å². The molecule has 2 fully saturated rings. The van der Waals surface area contributed by atoms with E-state index in [9.17, 15) is 9.59 Å². The van der Waals surface area contributed by atoms with Crippen LogP contribution in [0, 0.1) is 5.92 Å². The second kappa shape index (κ2) is 6.37. The van der Waals surface area contributed by atoms with Gasteiger partial charge in [0.1, 0.15) is 6.04 Å². The minimum absolute atomic E-state index is 0.0216. The van der Waals surface area contributed by atoms with Crippen molar-refractivity contribution in [2.45, 2.75) is 51.7 Å². The highest BCUT2D eigenvalue weighted by Crippen LogP contribution is 2.19. The van der Waals surface area contributed by atoms with Gasteiger partial charge in [0.2, 0.25) is 11.8 Å². The minimum Gasteiger partial charge on any atom is -0.378 e. The number of hydrogen-bond acceptors (Lipinski definition) is 3. The molecule has 2 amide bonds. The van der Waals surface area contributed by atoms with E-state index in [1.54, 1.807) is 4.90 Å². The molecule has 108 valence electrons. The Morgan fingerprint density at radius 3 is 2.84 bits per heavy atom. The first kappa shape index (κ1) is 14.3. The van der Waals surface area contributed by atoms with E-state index >= 15 is 0 Å². The van der Waals surface area contributed by atoms with Crippen LogP contribution >= 0.6 is 0 Å². The summed E-state index contributed by atoms with van der Waals surface area (Å²) in [4.78, 5) is 25.6. The average molecular weight is 268 g/mol. The van der Waals surface area contributed by atoms with Crippen LogP contribution in [0.3, 0.4) is 0 Å². The number of rotatable bonds is 5. The van der Waals surface area contributed by atoms with Crippen molar-refractivity contribution in [3.8, 4) is 0 Å². The molecule has 2 rings (SSSR count). The Bertz CT molecular complexity index is 338. The molecule has 5 heteroatoms. The second-order valence-electron chi connectivity index (χ2n) is 5.77. The number of piperazine rings is 1. The lowest BCUT2D eigenvalue weighted by molar-refractivity contribution is -0.147. The van der Waals surface area contributed by atoms with Crippen molar-refractivity contribution in [3.63, 3.8) is 0 Å². The van der Waals surface area contributed by atoms with Crippen LogP contribution in [-0.4, -0.2) is 48.6 Å². The third-order valence-corrected chi connectivity index (χ3v) is 3.92. The summed E-state index contributed by atoms with van der Waals surface area (Å²) in [5.74, 6) is 0.157. The van der Waals surface area contributed by atoms with Gasteiger partial charge >= 0.3 is 0 Å². The lowest BCUT2D eigenvalue weighted by atomic mass is 9.98. The van der Waals surface area contributed by atoms with Crippen molar-refractivity contribution in [1.82, 2.24) is 10.2 Å². The van der Waals surface area contributed by atoms with Gasteiger partial charge in [0, 0.05) is 13.2 Å². The number of nitrogens with zero attached hydrogens (tertiary/aromatic N) is 1. The molecule has 19 heavy (non-hydrogen) atoms. The van der Waals surface area contributed by atoms with E-state index in [1.807, 2.05) is 13.8 Å². The summed E-state index contributed by atoms with van der Waals surface area (Å²) in [5.41, 5.74) is 0. The van der Waals surface area contributed by atoms with Gasteiger partial charge in [-0.25, -0.2) is 0 Å². The van der Waals surface area contributed by atoms with E-state index in [1.165, 1.54) is 0 Å². The molecule has 0 radical (unpaired) electrons. The van der Waals surface area contributed by atoms with Gasteiger partial charge in [0.25, 0.3) is 0 Å². The van der Waals surface area contributed by atoms with Crippen molar-refractivity contribution in [1.29, 1.82) is 0 Å². The average Bonchev–Trinajstić information content (AvgIpc) is 2.86. The summed E-state index contributed by atoms with van der Waals surface area (Å²) in [7, 11) is 0. The molecule has 0 aromatic carbocycles. The van der Waals surface area contributed by atoms with Gasteiger partial charge in [-0.05, 0) is 31.6 Å². The Balaban J connectivity index is 1.86. The van der Waals surface area contributed by atoms with Gasteiger partial charge in [-0.2, -0.15) is 0 Å². The zero-order chi connectivity index (χ0) is 13.8. The fraction of sp³-hybridized carbons (Fsp3) is 0.857. The number of ether oxygens (including phenoxy) is 1. The van der Waals surface area contributed by atoms with Gasteiger partial charge in [-0.15, -0.1) is 0 Å². The molecule has 0 saturated carbocycles. The maximum absolute atomic E-state index is 12.0. The molecule has 2 aliphatic rings. The Kier molecular flexibility index (Phi) is 4.80. The Hall–Kier alpha value is -1.10. The molecule has 0 aliphatic carbocycles. The third kappa shape index (κ3) is 3.47. The lowest BCUT2D eigenvalue weighted by Crippen LogP contribution is -2.60. The number of carbonyl (C=O) groups excluding carboxylic acids is 2. The van der Waals surface area contributed by atoms with E-state index in [4.69, 9.17) is 4.74 Å². The van der Waals surface area contributed by atoms with E-state index in [-0.39, 0.29) is 30.3 Å². The number of nitrogens with one attached hydrogen (secondary N) is 1. The summed E-state index contributed by atoms with van der Waals surface area (Å²) < 4.78 is 5.58. The van der Waals surface area contributed by atoms with Crippen molar-refractivity contribution >= 4 is 11.8 Å². The van der Waals surface area contributed by atoms with Crippen LogP contribution in [0.15, 0.2) is 0 Å². The highest BCUT2D eigenvalue weighted by atomic mass is 16.5. The van der Waals surface area contributed by atoms with Crippen molar-refractivity contribution < 1.29 is 14.3 Å². The molecule has 0 spiro atoms. The zero-order valence-electron chi connectivity index (χ0n) is 11.9. The van der Waals surface area contributed by atoms with E-state index < -0.39 is 0 Å². The van der Waals surface area contributed by atoms with Gasteiger partial charge in [-0.1, -0.05) is 13.8 Å². The molecule has 0 aromatic rings. The Morgan fingerprint density at radius 2 is 2.21 bits per heavy atom. The molecule has 0 bridgehead atoms. The van der Waals surface area contributed by atoms with Crippen LogP contribution in [0.2, 0.25) is 0 Å². The van der Waals surface area contributed by atoms with Gasteiger partial charge in [0.05, 0.1) is 12.6 Å². The Labute approximate surface area is 114 Å². The first-order chi connectivity index (χ1) is 9.09. The molecule has 2 heterocycles. The molecular weight excluding hydrogens is 244 g/mol. The second-order valence-corrected chi connectivity index (χ2v) is 5.77. The molecule has 2 atom stereocenters. The van der Waals surface area contributed by atoms with E-state index in [0.717, 1.165) is 32.3 Å². The van der Waals surface area contributed by atoms with Crippen LogP contribution in [0.5, 0.6) is 0 Å². The largest absolute Gasteiger partial charge is 0.378 e. The summed E-state index contributed by atoms with van der Waals surface area (Å²) in [6.45, 7) is 5.63. The fourth-order valence-corrected chi connectivity index (χ4v) is 2.95. The molecule has 2 saturated heterocycles. The summed E-state index contributed by atoms with van der Waals surface area (Å²) in [5, 5.41) is 2.67. The summed E-state index contributed by atoms with van der Waals surface area (Å²) in [6.07, 6.45) is 4.52.